The molecule has 31 heavy (non-hydrogen) atoms. The predicted octanol–water partition coefficient (Wildman–Crippen LogP) is 4.30. The number of carbonyl (C=O) groups excluding carboxylic acids is 1. The molecule has 1 N–H and O–H groups in total. The van der Waals surface area contributed by atoms with Crippen molar-refractivity contribution >= 4 is 11.7 Å². The van der Waals surface area contributed by atoms with E-state index >= 15 is 0 Å². The van der Waals surface area contributed by atoms with Gasteiger partial charge in [0.1, 0.15) is 17.6 Å². The Morgan fingerprint density at radius 3 is 2.74 bits per heavy atom. The molecule has 0 radical (unpaired) electrons. The van der Waals surface area contributed by atoms with Gasteiger partial charge < -0.3 is 19.0 Å². The molecule has 2 aromatic heterocycles. The van der Waals surface area contributed by atoms with Crippen LogP contribution in [0.4, 0.5) is 5.82 Å². The van der Waals surface area contributed by atoms with E-state index < -0.39 is 0 Å². The zero-order valence-electron chi connectivity index (χ0n) is 18.5. The van der Waals surface area contributed by atoms with E-state index in [1.165, 1.54) is 12.8 Å². The van der Waals surface area contributed by atoms with E-state index in [0.29, 0.717) is 30.5 Å². The molecule has 0 spiro atoms. The zero-order chi connectivity index (χ0) is 21.8. The lowest BCUT2D eigenvalue weighted by Crippen LogP contribution is -2.38. The van der Waals surface area contributed by atoms with Crippen LogP contribution in [0.25, 0.3) is 0 Å². The molecule has 2 aromatic rings. The third-order valence-corrected chi connectivity index (χ3v) is 6.63. The highest BCUT2D eigenvalue weighted by Gasteiger charge is 2.28. The number of nitrogens with zero attached hydrogens (tertiary/aromatic N) is 3. The Bertz CT molecular complexity index is 929. The van der Waals surface area contributed by atoms with Gasteiger partial charge in [-0.05, 0) is 57.2 Å². The molecule has 3 heterocycles. The summed E-state index contributed by atoms with van der Waals surface area (Å²) < 4.78 is 13.5. The summed E-state index contributed by atoms with van der Waals surface area (Å²) in [5.74, 6) is 1.37. The quantitative estimate of drug-likeness (QED) is 0.683. The minimum absolute atomic E-state index is 0.113. The van der Waals surface area contributed by atoms with E-state index in [4.69, 9.17) is 9.15 Å². The van der Waals surface area contributed by atoms with Gasteiger partial charge in [-0.1, -0.05) is 12.8 Å². The second-order valence-corrected chi connectivity index (χ2v) is 8.79. The summed E-state index contributed by atoms with van der Waals surface area (Å²) in [5.41, 5.74) is 2.61. The summed E-state index contributed by atoms with van der Waals surface area (Å²) in [6.45, 7) is 6.25. The number of hydrogen-bond donors (Lipinski definition) is 1. The Morgan fingerprint density at radius 2 is 2.10 bits per heavy atom. The Morgan fingerprint density at radius 1 is 1.29 bits per heavy atom. The van der Waals surface area contributed by atoms with Gasteiger partial charge in [0.05, 0.1) is 31.0 Å². The molecule has 1 amide bonds. The van der Waals surface area contributed by atoms with E-state index in [-0.39, 0.29) is 18.6 Å². The van der Waals surface area contributed by atoms with Crippen LogP contribution in [-0.2, 0) is 16.1 Å². The van der Waals surface area contributed by atoms with Gasteiger partial charge in [0.2, 0.25) is 5.91 Å². The number of nitrogens with one attached hydrogen (secondary N) is 1. The molecule has 1 aliphatic heterocycles. The van der Waals surface area contributed by atoms with Crippen molar-refractivity contribution in [2.45, 2.75) is 71.1 Å². The lowest BCUT2D eigenvalue weighted by Gasteiger charge is -2.24. The summed E-state index contributed by atoms with van der Waals surface area (Å²) in [7, 11) is 0. The summed E-state index contributed by atoms with van der Waals surface area (Å²) >= 11 is 0. The van der Waals surface area contributed by atoms with Crippen molar-refractivity contribution in [3.8, 4) is 6.07 Å². The first-order chi connectivity index (χ1) is 15.1. The summed E-state index contributed by atoms with van der Waals surface area (Å²) in [6, 6.07) is 6.45. The molecule has 0 bridgehead atoms. The predicted molar refractivity (Wildman–Crippen MR) is 118 cm³/mol. The standard InChI is InChI=1S/C24H32N4O3/c1-17-18(2)28(19-7-3-4-8-19)24(22(17)13-25)26-23(29)16-27(14-20-9-5-11-30-20)15-21-10-6-12-31-21/h5,9,11,19,21H,3-4,6-8,10,12,14-16H2,1-2H3,(H,26,29). The SMILES string of the molecule is Cc1c(C#N)c(NC(=O)CN(Cc2ccco2)CC2CCCO2)n(C2CCCC2)c1C. The highest BCUT2D eigenvalue weighted by molar-refractivity contribution is 5.93. The molecule has 1 atom stereocenters. The Labute approximate surface area is 184 Å². The molecule has 7 nitrogen and oxygen atoms in total. The van der Waals surface area contributed by atoms with Crippen LogP contribution >= 0.6 is 0 Å². The number of carbonyl (C=O) groups is 1. The van der Waals surface area contributed by atoms with Crippen molar-refractivity contribution in [1.29, 1.82) is 5.26 Å². The van der Waals surface area contributed by atoms with Crippen molar-refractivity contribution in [1.82, 2.24) is 9.47 Å². The van der Waals surface area contributed by atoms with E-state index in [0.717, 1.165) is 49.3 Å². The maximum Gasteiger partial charge on any atom is 0.239 e. The van der Waals surface area contributed by atoms with Crippen LogP contribution in [0.1, 0.15) is 67.1 Å². The number of ether oxygens (including phenoxy) is 1. The molecule has 1 aliphatic carbocycles. The molecular weight excluding hydrogens is 392 g/mol. The molecule has 4 rings (SSSR count). The van der Waals surface area contributed by atoms with Gasteiger partial charge in [-0.25, -0.2) is 0 Å². The molecule has 2 aliphatic rings. The third kappa shape index (κ3) is 4.86. The minimum Gasteiger partial charge on any atom is -0.468 e. The first-order valence-electron chi connectivity index (χ1n) is 11.3. The van der Waals surface area contributed by atoms with Crippen LogP contribution < -0.4 is 5.32 Å². The Balaban J connectivity index is 1.51. The van der Waals surface area contributed by atoms with Gasteiger partial charge in [-0.15, -0.1) is 0 Å². The molecule has 1 saturated carbocycles. The maximum atomic E-state index is 13.1. The number of rotatable bonds is 8. The molecule has 2 fully saturated rings. The zero-order valence-corrected chi connectivity index (χ0v) is 18.5. The number of furan rings is 1. The van der Waals surface area contributed by atoms with Crippen LogP contribution in [-0.4, -0.2) is 41.2 Å². The van der Waals surface area contributed by atoms with Crippen LogP contribution in [0.15, 0.2) is 22.8 Å². The smallest absolute Gasteiger partial charge is 0.239 e. The molecule has 1 saturated heterocycles. The van der Waals surface area contributed by atoms with Gasteiger partial charge in [-0.2, -0.15) is 5.26 Å². The number of amides is 1. The van der Waals surface area contributed by atoms with Gasteiger partial charge in [0, 0.05) is 24.9 Å². The van der Waals surface area contributed by atoms with Crippen molar-refractivity contribution in [2.24, 2.45) is 0 Å². The van der Waals surface area contributed by atoms with Crippen LogP contribution in [0, 0.1) is 25.2 Å². The highest BCUT2D eigenvalue weighted by atomic mass is 16.5. The molecule has 7 heteroatoms. The van der Waals surface area contributed by atoms with Gasteiger partial charge in [-0.3, -0.25) is 9.69 Å². The third-order valence-electron chi connectivity index (χ3n) is 6.63. The average molecular weight is 425 g/mol. The molecule has 0 aromatic carbocycles. The largest absolute Gasteiger partial charge is 0.468 e. The topological polar surface area (TPSA) is 83.4 Å². The summed E-state index contributed by atoms with van der Waals surface area (Å²) in [6.07, 6.45) is 8.42. The molecular formula is C24H32N4O3. The van der Waals surface area contributed by atoms with Crippen LogP contribution in [0.3, 0.4) is 0 Å². The van der Waals surface area contributed by atoms with Gasteiger partial charge in [0.15, 0.2) is 0 Å². The van der Waals surface area contributed by atoms with Crippen LogP contribution in [0.5, 0.6) is 0 Å². The van der Waals surface area contributed by atoms with Crippen LogP contribution in [0.2, 0.25) is 0 Å². The first-order valence-corrected chi connectivity index (χ1v) is 11.3. The Kier molecular flexibility index (Phi) is 6.79. The fraction of sp³-hybridized carbons (Fsp3) is 0.583. The fourth-order valence-electron chi connectivity index (χ4n) is 4.96. The minimum atomic E-state index is -0.113. The highest BCUT2D eigenvalue weighted by Crippen LogP contribution is 2.37. The number of aromatic nitrogens is 1. The van der Waals surface area contributed by atoms with Gasteiger partial charge in [0.25, 0.3) is 0 Å². The maximum absolute atomic E-state index is 13.1. The van der Waals surface area contributed by atoms with E-state index in [9.17, 15) is 10.1 Å². The summed E-state index contributed by atoms with van der Waals surface area (Å²) in [5, 5.41) is 12.9. The molecule has 1 unspecified atom stereocenters. The van der Waals surface area contributed by atoms with E-state index in [1.54, 1.807) is 6.26 Å². The number of hydrogen-bond acceptors (Lipinski definition) is 5. The number of anilines is 1. The summed E-state index contributed by atoms with van der Waals surface area (Å²) in [4.78, 5) is 15.2. The lowest BCUT2D eigenvalue weighted by molar-refractivity contribution is -0.117. The second-order valence-electron chi connectivity index (χ2n) is 8.79. The number of nitriles is 1. The second kappa shape index (κ2) is 9.71. The lowest BCUT2D eigenvalue weighted by atomic mass is 10.2. The van der Waals surface area contributed by atoms with E-state index in [2.05, 4.69) is 20.9 Å². The van der Waals surface area contributed by atoms with Crippen molar-refractivity contribution < 1.29 is 13.9 Å². The van der Waals surface area contributed by atoms with Crippen molar-refractivity contribution in [3.05, 3.63) is 41.0 Å². The fourth-order valence-corrected chi connectivity index (χ4v) is 4.96. The normalized spacial score (nSPS) is 19.2. The average Bonchev–Trinajstić information content (AvgIpc) is 3.53. The van der Waals surface area contributed by atoms with Gasteiger partial charge >= 0.3 is 0 Å². The van der Waals surface area contributed by atoms with Crippen molar-refractivity contribution in [2.75, 3.05) is 25.0 Å². The first kappa shape index (κ1) is 21.7. The monoisotopic (exact) mass is 424 g/mol. The van der Waals surface area contributed by atoms with Crippen molar-refractivity contribution in [3.63, 3.8) is 0 Å². The Hall–Kier alpha value is -2.56. The van der Waals surface area contributed by atoms with E-state index in [1.807, 2.05) is 26.0 Å². The molecule has 166 valence electrons.